The van der Waals surface area contributed by atoms with Gasteiger partial charge in [-0.3, -0.25) is 0 Å². The monoisotopic (exact) mass is 240 g/mol. The van der Waals surface area contributed by atoms with Gasteiger partial charge >= 0.3 is 131 Å². The predicted octanol–water partition coefficient (Wildman–Crippen LogP) is -22.5. The molecule has 0 saturated heterocycles. The third-order valence-corrected chi connectivity index (χ3v) is 0. The van der Waals surface area contributed by atoms with E-state index in [1.807, 2.05) is 0 Å². The van der Waals surface area contributed by atoms with E-state index < -0.39 is 18.1 Å². The summed E-state index contributed by atoms with van der Waals surface area (Å²) in [5.74, 6) is 0. The van der Waals surface area contributed by atoms with Gasteiger partial charge in [0.1, 0.15) is 0 Å². The Balaban J connectivity index is -0.00000000314. The quantitative estimate of drug-likeness (QED) is 0.193. The van der Waals surface area contributed by atoms with E-state index in [-0.39, 0.29) is 122 Å². The van der Waals surface area contributed by atoms with Crippen molar-refractivity contribution in [2.45, 2.75) is 0 Å². The van der Waals surface area contributed by atoms with Crippen molar-refractivity contribution in [3.05, 3.63) is 0 Å². The van der Waals surface area contributed by atoms with Crippen molar-refractivity contribution in [3.63, 3.8) is 0 Å². The summed E-state index contributed by atoms with van der Waals surface area (Å²) in [6.45, 7) is 0. The zero-order valence-corrected chi connectivity index (χ0v) is 12.6. The first-order chi connectivity index (χ1) is 4.00. The zero-order chi connectivity index (χ0) is 9.00. The van der Waals surface area contributed by atoms with Gasteiger partial charge in [0.05, 0.1) is 0 Å². The molecule has 0 unspecified atom stereocenters. The summed E-state index contributed by atoms with van der Waals surface area (Å²) in [6.07, 6.45) is 0. The summed E-state index contributed by atoms with van der Waals surface area (Å²) in [7, 11) is -9.22. The van der Waals surface area contributed by atoms with Gasteiger partial charge in [-0.25, -0.2) is 0 Å². The van der Waals surface area contributed by atoms with Crippen LogP contribution >= 0.6 is 0 Å². The summed E-state index contributed by atoms with van der Waals surface area (Å²) in [4.78, 5) is 58.6. The van der Waals surface area contributed by atoms with Crippen LogP contribution in [-0.2, 0) is 0 Å². The fraction of sp³-hybridized carbons (Fsp3) is 0. The Hall–Kier alpha value is 3.70. The molecule has 0 amide bonds. The van der Waals surface area contributed by atoms with Crippen molar-refractivity contribution in [1.82, 2.24) is 0 Å². The fourth-order valence-electron chi connectivity index (χ4n) is 0. The third kappa shape index (κ3) is 361. The first-order valence-electron chi connectivity index (χ1n) is 1.79. The maximum absolute atomic E-state index is 7.33. The van der Waals surface area contributed by atoms with Gasteiger partial charge in [-0.2, -0.15) is 0 Å². The van der Waals surface area contributed by atoms with Crippen molar-refractivity contribution in [1.29, 1.82) is 0 Å². The second-order valence-electron chi connectivity index (χ2n) is 1.20. The molecule has 0 aromatic heterocycles. The van der Waals surface area contributed by atoms with Crippen LogP contribution in [0.5, 0.6) is 0 Å². The van der Waals surface area contributed by atoms with Crippen LogP contribution in [0.1, 0.15) is 8.56 Å². The van der Waals surface area contributed by atoms with Crippen LogP contribution in [0.15, 0.2) is 0 Å². The SMILES string of the molecule is O[Si](O)(O)O.O[Si](O)(O)O.[H-].[H-].[H-].[H-].[H-].[H-].[Li+].[Li+].[Li+].[Li+].[Li+].[Li+]. The van der Waals surface area contributed by atoms with Crippen molar-refractivity contribution in [2.75, 3.05) is 0 Å². The molecule has 0 heterocycles. The third-order valence-electron chi connectivity index (χ3n) is 0. The van der Waals surface area contributed by atoms with Crippen LogP contribution in [-0.4, -0.2) is 56.5 Å². The Bertz CT molecular complexity index is 84.1. The van der Waals surface area contributed by atoms with Crippen LogP contribution in [0.3, 0.4) is 0 Å². The Labute approximate surface area is 176 Å². The smallest absolute Gasteiger partial charge is 1.00 e. The summed E-state index contributed by atoms with van der Waals surface area (Å²) < 4.78 is 0. The molecule has 8 nitrogen and oxygen atoms in total. The first-order valence-corrected chi connectivity index (χ1v) is 5.37. The normalized spacial score (nSPS) is 7.50. The number of hydrogen-bond acceptors (Lipinski definition) is 8. The molecule has 0 spiro atoms. The van der Waals surface area contributed by atoms with Gasteiger partial charge in [0.2, 0.25) is 0 Å². The molecule has 0 aromatic carbocycles. The Kier molecular flexibility index (Phi) is 74.8. The van der Waals surface area contributed by atoms with E-state index in [1.54, 1.807) is 0 Å². The summed E-state index contributed by atoms with van der Waals surface area (Å²) in [6, 6.07) is 0. The van der Waals surface area contributed by atoms with Gasteiger partial charge in [0.15, 0.2) is 0 Å². The second-order valence-corrected chi connectivity index (χ2v) is 3.60. The van der Waals surface area contributed by atoms with Crippen LogP contribution in [0.4, 0.5) is 0 Å². The van der Waals surface area contributed by atoms with E-state index in [4.69, 9.17) is 38.4 Å². The van der Waals surface area contributed by atoms with Gasteiger partial charge < -0.3 is 46.9 Å². The molecule has 0 saturated carbocycles. The van der Waals surface area contributed by atoms with Crippen molar-refractivity contribution < 1.29 is 160 Å². The van der Waals surface area contributed by atoms with Gasteiger partial charge in [0, 0.05) is 0 Å². The maximum atomic E-state index is 7.33. The number of rotatable bonds is 0. The second kappa shape index (κ2) is 23.8. The standard InChI is InChI=1S/6Li.2H4O4Si.6H/c;;;;;;2*1-5(2,3)4;;;;;;/h;;;;;;2*1-4H;;;;;;/q6*+1;;;6*-1. The van der Waals surface area contributed by atoms with Crippen molar-refractivity contribution >= 4 is 18.1 Å². The average Bonchev–Trinajstić information content (AvgIpc) is 1.12. The molecule has 0 radical (unpaired) electrons. The molecule has 0 aromatic rings. The summed E-state index contributed by atoms with van der Waals surface area (Å²) in [5, 5.41) is 0. The molecule has 16 heteroatoms. The minimum Gasteiger partial charge on any atom is -1.00 e. The van der Waals surface area contributed by atoms with Crippen molar-refractivity contribution in [3.8, 4) is 0 Å². The van der Waals surface area contributed by atoms with Crippen LogP contribution in [0, 0.1) is 0 Å². The van der Waals surface area contributed by atoms with Crippen molar-refractivity contribution in [2.24, 2.45) is 0 Å². The molecule has 76 valence electrons. The number of hydrogen-bond donors (Lipinski definition) is 8. The topological polar surface area (TPSA) is 162 Å². The predicted molar refractivity (Wildman–Crippen MR) is 35.9 cm³/mol. The van der Waals surface area contributed by atoms with E-state index in [0.29, 0.717) is 0 Å². The Morgan fingerprint density at radius 1 is 0.375 bits per heavy atom. The molecule has 0 aliphatic heterocycles. The molecule has 8 N–H and O–H groups in total. The largest absolute Gasteiger partial charge is 1.00 e. The molecule has 0 fully saturated rings. The van der Waals surface area contributed by atoms with Gasteiger partial charge in [-0.05, 0) is 0 Å². The van der Waals surface area contributed by atoms with Gasteiger partial charge in [-0.15, -0.1) is 0 Å². The molecule has 16 heavy (non-hydrogen) atoms. The first kappa shape index (κ1) is 50.3. The fourth-order valence-corrected chi connectivity index (χ4v) is 0. The molecule has 0 aliphatic rings. The van der Waals surface area contributed by atoms with Gasteiger partial charge in [0.25, 0.3) is 0 Å². The maximum Gasteiger partial charge on any atom is 1.00 e. The van der Waals surface area contributed by atoms with Gasteiger partial charge in [-0.1, -0.05) is 0 Å². The molecule has 0 atom stereocenters. The van der Waals surface area contributed by atoms with E-state index in [9.17, 15) is 0 Å². The molecular formula is H14Li6O8Si2. The minimum absolute atomic E-state index is 0. The Morgan fingerprint density at radius 2 is 0.375 bits per heavy atom. The zero-order valence-electron chi connectivity index (χ0n) is 16.6. The van der Waals surface area contributed by atoms with Crippen LogP contribution in [0.25, 0.3) is 0 Å². The average molecular weight is 240 g/mol. The van der Waals surface area contributed by atoms with Crippen LogP contribution < -0.4 is 113 Å². The van der Waals surface area contributed by atoms with E-state index >= 15 is 0 Å². The molecule has 0 rings (SSSR count). The molecular weight excluding hydrogens is 226 g/mol. The van der Waals surface area contributed by atoms with E-state index in [2.05, 4.69) is 0 Å². The van der Waals surface area contributed by atoms with E-state index in [0.717, 1.165) is 0 Å². The molecule has 0 aliphatic carbocycles. The van der Waals surface area contributed by atoms with E-state index in [1.165, 1.54) is 0 Å². The summed E-state index contributed by atoms with van der Waals surface area (Å²) in [5.41, 5.74) is 0. The molecule has 0 bridgehead atoms. The minimum atomic E-state index is -4.61. The Morgan fingerprint density at radius 3 is 0.375 bits per heavy atom. The summed E-state index contributed by atoms with van der Waals surface area (Å²) >= 11 is 0. The van der Waals surface area contributed by atoms with Crippen LogP contribution in [0.2, 0.25) is 0 Å².